The predicted octanol–water partition coefficient (Wildman–Crippen LogP) is 5.34. The molecule has 1 atom stereocenters. The summed E-state index contributed by atoms with van der Waals surface area (Å²) in [6.45, 7) is 2.59. The number of hydrogen-bond acceptors (Lipinski definition) is 2. The van der Waals surface area contributed by atoms with Gasteiger partial charge in [0.25, 0.3) is 0 Å². The highest BCUT2D eigenvalue weighted by molar-refractivity contribution is 5.70. The average molecular weight is 316 g/mol. The van der Waals surface area contributed by atoms with E-state index in [1.165, 1.54) is 27.8 Å². The quantitative estimate of drug-likeness (QED) is 0.761. The third-order valence-corrected chi connectivity index (χ3v) is 5.47. The lowest BCUT2D eigenvalue weighted by Crippen LogP contribution is -1.99. The Morgan fingerprint density at radius 2 is 1.83 bits per heavy atom. The fourth-order valence-electron chi connectivity index (χ4n) is 4.22. The third kappa shape index (κ3) is 2.17. The van der Waals surface area contributed by atoms with Crippen LogP contribution in [0.15, 0.2) is 47.5 Å². The Labute approximate surface area is 142 Å². The van der Waals surface area contributed by atoms with Gasteiger partial charge in [-0.2, -0.15) is 0 Å². The average Bonchev–Trinajstić information content (AvgIpc) is 3.26. The van der Waals surface area contributed by atoms with Gasteiger partial charge < -0.3 is 9.47 Å². The molecule has 1 aliphatic heterocycles. The van der Waals surface area contributed by atoms with Crippen molar-refractivity contribution in [2.75, 3.05) is 6.79 Å². The van der Waals surface area contributed by atoms with Crippen molar-refractivity contribution < 1.29 is 9.47 Å². The standard InChI is InChI=1S/C22H20O2/c1-14-8-18-11-21-22(24-13-23-21)12-20(18)19(14)7-6-15-9-16-4-2-3-5-17(16)10-15/h2-5,8-9,11-12,19H,6-7,10,13H2,1H3. The first-order valence-corrected chi connectivity index (χ1v) is 8.67. The second-order valence-electron chi connectivity index (χ2n) is 6.99. The Morgan fingerprint density at radius 1 is 1.00 bits per heavy atom. The summed E-state index contributed by atoms with van der Waals surface area (Å²) < 4.78 is 11.1. The lowest BCUT2D eigenvalue weighted by atomic mass is 9.89. The molecule has 5 rings (SSSR count). The van der Waals surface area contributed by atoms with Gasteiger partial charge in [0, 0.05) is 5.92 Å². The van der Waals surface area contributed by atoms with E-state index in [0.717, 1.165) is 30.8 Å². The highest BCUT2D eigenvalue weighted by atomic mass is 16.7. The maximum atomic E-state index is 5.57. The number of allylic oxidation sites excluding steroid dienone is 2. The van der Waals surface area contributed by atoms with Gasteiger partial charge in [-0.3, -0.25) is 0 Å². The largest absolute Gasteiger partial charge is 0.454 e. The molecule has 0 radical (unpaired) electrons. The summed E-state index contributed by atoms with van der Waals surface area (Å²) in [5, 5.41) is 0. The summed E-state index contributed by atoms with van der Waals surface area (Å²) in [7, 11) is 0. The van der Waals surface area contributed by atoms with Gasteiger partial charge in [0.2, 0.25) is 6.79 Å². The molecule has 0 saturated carbocycles. The van der Waals surface area contributed by atoms with E-state index in [1.807, 2.05) is 0 Å². The van der Waals surface area contributed by atoms with Crippen molar-refractivity contribution in [1.29, 1.82) is 0 Å². The second kappa shape index (κ2) is 5.27. The molecule has 0 saturated heterocycles. The molecule has 0 spiro atoms. The van der Waals surface area contributed by atoms with Gasteiger partial charge in [-0.15, -0.1) is 0 Å². The van der Waals surface area contributed by atoms with Crippen molar-refractivity contribution >= 4 is 12.2 Å². The van der Waals surface area contributed by atoms with Crippen LogP contribution in [-0.4, -0.2) is 6.79 Å². The van der Waals surface area contributed by atoms with Gasteiger partial charge in [0.05, 0.1) is 0 Å². The molecule has 0 aromatic heterocycles. The molecule has 2 aliphatic carbocycles. The van der Waals surface area contributed by atoms with E-state index >= 15 is 0 Å². The summed E-state index contributed by atoms with van der Waals surface area (Å²) >= 11 is 0. The minimum Gasteiger partial charge on any atom is -0.454 e. The van der Waals surface area contributed by atoms with Crippen LogP contribution in [0, 0.1) is 0 Å². The van der Waals surface area contributed by atoms with Gasteiger partial charge in [-0.05, 0) is 60.6 Å². The van der Waals surface area contributed by atoms with Crippen molar-refractivity contribution in [3.05, 3.63) is 69.8 Å². The maximum Gasteiger partial charge on any atom is 0.231 e. The molecule has 1 unspecified atom stereocenters. The molecule has 0 bridgehead atoms. The van der Waals surface area contributed by atoms with Crippen LogP contribution in [-0.2, 0) is 6.42 Å². The zero-order valence-corrected chi connectivity index (χ0v) is 13.8. The molecular weight excluding hydrogens is 296 g/mol. The van der Waals surface area contributed by atoms with Crippen LogP contribution in [0.5, 0.6) is 11.5 Å². The first-order chi connectivity index (χ1) is 11.8. The highest BCUT2D eigenvalue weighted by Gasteiger charge is 2.27. The summed E-state index contributed by atoms with van der Waals surface area (Å²) in [6.07, 6.45) is 8.11. The summed E-state index contributed by atoms with van der Waals surface area (Å²) in [6, 6.07) is 13.0. The van der Waals surface area contributed by atoms with Gasteiger partial charge in [-0.1, -0.05) is 47.6 Å². The SMILES string of the molecule is CC1=Cc2cc3c(cc2C1CCC1=Cc2ccccc2C1)OCO3. The summed E-state index contributed by atoms with van der Waals surface area (Å²) in [4.78, 5) is 0. The van der Waals surface area contributed by atoms with E-state index in [4.69, 9.17) is 9.47 Å². The lowest BCUT2D eigenvalue weighted by Gasteiger charge is -2.15. The van der Waals surface area contributed by atoms with Crippen molar-refractivity contribution in [3.63, 3.8) is 0 Å². The Kier molecular flexibility index (Phi) is 3.05. The number of rotatable bonds is 3. The molecule has 2 aromatic rings. The molecule has 0 fully saturated rings. The Hall–Kier alpha value is -2.48. The van der Waals surface area contributed by atoms with Gasteiger partial charge >= 0.3 is 0 Å². The second-order valence-corrected chi connectivity index (χ2v) is 6.99. The minimum absolute atomic E-state index is 0.344. The van der Waals surface area contributed by atoms with Crippen LogP contribution in [0.4, 0.5) is 0 Å². The van der Waals surface area contributed by atoms with Gasteiger partial charge in [-0.25, -0.2) is 0 Å². The molecule has 2 nitrogen and oxygen atoms in total. The van der Waals surface area contributed by atoms with E-state index in [-0.39, 0.29) is 0 Å². The smallest absolute Gasteiger partial charge is 0.231 e. The molecule has 1 heterocycles. The molecular formula is C22H20O2. The van der Waals surface area contributed by atoms with Crippen molar-refractivity contribution in [3.8, 4) is 11.5 Å². The normalized spacial score (nSPS) is 19.8. The molecule has 2 heteroatoms. The number of benzene rings is 2. The van der Waals surface area contributed by atoms with Crippen molar-refractivity contribution in [2.45, 2.75) is 32.1 Å². The summed E-state index contributed by atoms with van der Waals surface area (Å²) in [5.74, 6) is 2.28. The van der Waals surface area contributed by atoms with Gasteiger partial charge in [0.15, 0.2) is 11.5 Å². The minimum atomic E-state index is 0.344. The first kappa shape index (κ1) is 13.9. The van der Waals surface area contributed by atoms with Crippen LogP contribution in [0.1, 0.15) is 47.9 Å². The van der Waals surface area contributed by atoms with Crippen LogP contribution in [0.3, 0.4) is 0 Å². The predicted molar refractivity (Wildman–Crippen MR) is 96.3 cm³/mol. The molecule has 0 N–H and O–H groups in total. The Balaban J connectivity index is 1.36. The Bertz CT molecular complexity index is 889. The van der Waals surface area contributed by atoms with Crippen LogP contribution >= 0.6 is 0 Å². The van der Waals surface area contributed by atoms with Crippen LogP contribution in [0.25, 0.3) is 12.2 Å². The summed E-state index contributed by atoms with van der Waals surface area (Å²) in [5.41, 5.74) is 8.56. The number of fused-ring (bicyclic) bond motifs is 3. The molecule has 3 aliphatic rings. The fraction of sp³-hybridized carbons (Fsp3) is 0.273. The highest BCUT2D eigenvalue weighted by Crippen LogP contribution is 2.46. The van der Waals surface area contributed by atoms with Crippen LogP contribution in [0.2, 0.25) is 0 Å². The monoisotopic (exact) mass is 316 g/mol. The van der Waals surface area contributed by atoms with Crippen molar-refractivity contribution in [1.82, 2.24) is 0 Å². The topological polar surface area (TPSA) is 18.5 Å². The van der Waals surface area contributed by atoms with Crippen LogP contribution < -0.4 is 9.47 Å². The van der Waals surface area contributed by atoms with Gasteiger partial charge in [0.1, 0.15) is 0 Å². The maximum absolute atomic E-state index is 5.57. The fourth-order valence-corrected chi connectivity index (χ4v) is 4.22. The van der Waals surface area contributed by atoms with E-state index < -0.39 is 0 Å². The molecule has 0 amide bonds. The van der Waals surface area contributed by atoms with E-state index in [1.54, 1.807) is 5.57 Å². The first-order valence-electron chi connectivity index (χ1n) is 8.67. The zero-order valence-electron chi connectivity index (χ0n) is 13.8. The van der Waals surface area contributed by atoms with E-state index in [9.17, 15) is 0 Å². The Morgan fingerprint density at radius 3 is 2.71 bits per heavy atom. The molecule has 2 aromatic carbocycles. The molecule has 24 heavy (non-hydrogen) atoms. The number of ether oxygens (including phenoxy) is 2. The number of hydrogen-bond donors (Lipinski definition) is 0. The zero-order chi connectivity index (χ0) is 16.1. The van der Waals surface area contributed by atoms with E-state index in [0.29, 0.717) is 12.7 Å². The molecule has 120 valence electrons. The third-order valence-electron chi connectivity index (χ3n) is 5.47. The van der Waals surface area contributed by atoms with Crippen molar-refractivity contribution in [2.24, 2.45) is 0 Å². The lowest BCUT2D eigenvalue weighted by molar-refractivity contribution is 0.174. The van der Waals surface area contributed by atoms with E-state index in [2.05, 4.69) is 55.5 Å².